The first-order chi connectivity index (χ1) is 12.2. The molecular weight excluding hydrogens is 342 g/mol. The molecule has 0 aliphatic carbocycles. The lowest BCUT2D eigenvalue weighted by atomic mass is 10.0. The van der Waals surface area contributed by atoms with Crippen LogP contribution in [-0.4, -0.2) is 21.3 Å². The smallest absolute Gasteiger partial charge is 0.242 e. The van der Waals surface area contributed by atoms with Crippen LogP contribution in [0.2, 0.25) is 19.6 Å². The summed E-state index contributed by atoms with van der Waals surface area (Å²) in [5, 5.41) is 3.00. The maximum atomic E-state index is 12.0. The van der Waals surface area contributed by atoms with Gasteiger partial charge in [0.15, 0.2) is 5.75 Å². The molecule has 1 aromatic rings. The zero-order valence-electron chi connectivity index (χ0n) is 17.5. The average Bonchev–Trinajstić information content (AvgIpc) is 2.55. The van der Waals surface area contributed by atoms with Crippen molar-refractivity contribution in [3.63, 3.8) is 0 Å². The molecule has 0 bridgehead atoms. The standard InChI is InChI=1S/C21H37NO3Si/c1-17(2)11-9-7-8-10-12-21(23)22-16-18-13-14-19(20(15-18)24-3)25-26(4,5)6/h13-15,17H,7-12,16H2,1-6H3,(H,22,23). The van der Waals surface area contributed by atoms with Crippen LogP contribution in [0.1, 0.15) is 57.9 Å². The van der Waals surface area contributed by atoms with Crippen molar-refractivity contribution < 1.29 is 14.0 Å². The minimum absolute atomic E-state index is 0.121. The van der Waals surface area contributed by atoms with Crippen LogP contribution >= 0.6 is 0 Å². The van der Waals surface area contributed by atoms with Gasteiger partial charge in [-0.2, -0.15) is 0 Å². The van der Waals surface area contributed by atoms with Gasteiger partial charge >= 0.3 is 0 Å². The van der Waals surface area contributed by atoms with E-state index in [1.165, 1.54) is 19.3 Å². The highest BCUT2D eigenvalue weighted by Crippen LogP contribution is 2.30. The molecule has 1 amide bonds. The maximum Gasteiger partial charge on any atom is 0.242 e. The predicted molar refractivity (Wildman–Crippen MR) is 111 cm³/mol. The van der Waals surface area contributed by atoms with Gasteiger partial charge in [0, 0.05) is 13.0 Å². The van der Waals surface area contributed by atoms with E-state index in [9.17, 15) is 4.79 Å². The van der Waals surface area contributed by atoms with Crippen LogP contribution in [0.15, 0.2) is 18.2 Å². The van der Waals surface area contributed by atoms with Gasteiger partial charge in [-0.3, -0.25) is 4.79 Å². The van der Waals surface area contributed by atoms with E-state index in [2.05, 4.69) is 38.8 Å². The van der Waals surface area contributed by atoms with Gasteiger partial charge in [0.2, 0.25) is 14.2 Å². The summed E-state index contributed by atoms with van der Waals surface area (Å²) in [4.78, 5) is 12.0. The minimum atomic E-state index is -1.68. The molecule has 1 N–H and O–H groups in total. The zero-order valence-corrected chi connectivity index (χ0v) is 18.5. The summed E-state index contributed by atoms with van der Waals surface area (Å²) >= 11 is 0. The van der Waals surface area contributed by atoms with Crippen LogP contribution in [-0.2, 0) is 11.3 Å². The van der Waals surface area contributed by atoms with Gasteiger partial charge in [-0.25, -0.2) is 0 Å². The summed E-state index contributed by atoms with van der Waals surface area (Å²) in [6, 6.07) is 5.87. The number of ether oxygens (including phenoxy) is 1. The average molecular weight is 380 g/mol. The summed E-state index contributed by atoms with van der Waals surface area (Å²) in [7, 11) is -0.0336. The quantitative estimate of drug-likeness (QED) is 0.384. The first-order valence-corrected chi connectivity index (χ1v) is 13.2. The van der Waals surface area contributed by atoms with Crippen molar-refractivity contribution in [3.05, 3.63) is 23.8 Å². The van der Waals surface area contributed by atoms with Gasteiger partial charge in [0.1, 0.15) is 5.75 Å². The van der Waals surface area contributed by atoms with E-state index in [0.717, 1.165) is 35.8 Å². The summed E-state index contributed by atoms with van der Waals surface area (Å²) in [6.45, 7) is 11.5. The van der Waals surface area contributed by atoms with E-state index in [1.807, 2.05) is 18.2 Å². The zero-order chi connectivity index (χ0) is 19.6. The van der Waals surface area contributed by atoms with Crippen LogP contribution in [0.3, 0.4) is 0 Å². The van der Waals surface area contributed by atoms with E-state index in [-0.39, 0.29) is 5.91 Å². The van der Waals surface area contributed by atoms with Gasteiger partial charge in [-0.1, -0.05) is 45.6 Å². The Morgan fingerprint density at radius 1 is 1.08 bits per heavy atom. The van der Waals surface area contributed by atoms with Crippen LogP contribution in [0, 0.1) is 5.92 Å². The highest BCUT2D eigenvalue weighted by molar-refractivity contribution is 6.70. The molecule has 4 nitrogen and oxygen atoms in total. The van der Waals surface area contributed by atoms with Crippen molar-refractivity contribution in [1.29, 1.82) is 0 Å². The van der Waals surface area contributed by atoms with Crippen molar-refractivity contribution in [2.45, 2.75) is 78.6 Å². The fraction of sp³-hybridized carbons (Fsp3) is 0.667. The van der Waals surface area contributed by atoms with E-state index in [4.69, 9.17) is 9.16 Å². The highest BCUT2D eigenvalue weighted by Gasteiger charge is 2.18. The van der Waals surface area contributed by atoms with Gasteiger partial charge in [-0.05, 0) is 49.7 Å². The van der Waals surface area contributed by atoms with Crippen molar-refractivity contribution in [3.8, 4) is 11.5 Å². The second-order valence-corrected chi connectivity index (χ2v) is 12.8. The van der Waals surface area contributed by atoms with Gasteiger partial charge in [0.25, 0.3) is 0 Å². The molecule has 0 fully saturated rings. The van der Waals surface area contributed by atoms with Crippen molar-refractivity contribution in [2.24, 2.45) is 5.92 Å². The lowest BCUT2D eigenvalue weighted by Gasteiger charge is -2.21. The Hall–Kier alpha value is -1.49. The third-order valence-electron chi connectivity index (χ3n) is 4.07. The normalized spacial score (nSPS) is 11.5. The first-order valence-electron chi connectivity index (χ1n) is 9.84. The second-order valence-electron chi connectivity index (χ2n) is 8.32. The van der Waals surface area contributed by atoms with Crippen molar-refractivity contribution >= 4 is 14.2 Å². The lowest BCUT2D eigenvalue weighted by Crippen LogP contribution is -2.29. The number of amides is 1. The van der Waals surface area contributed by atoms with E-state index < -0.39 is 8.32 Å². The topological polar surface area (TPSA) is 47.6 Å². The van der Waals surface area contributed by atoms with E-state index in [0.29, 0.717) is 13.0 Å². The SMILES string of the molecule is COc1cc(CNC(=O)CCCCCCC(C)C)ccc1O[Si](C)(C)C. The minimum Gasteiger partial charge on any atom is -0.542 e. The number of unbranched alkanes of at least 4 members (excludes halogenated alkanes) is 3. The third-order valence-corrected chi connectivity index (χ3v) is 4.90. The number of hydrogen-bond donors (Lipinski definition) is 1. The Bertz CT molecular complexity index is 553. The lowest BCUT2D eigenvalue weighted by molar-refractivity contribution is -0.121. The van der Waals surface area contributed by atoms with E-state index >= 15 is 0 Å². The largest absolute Gasteiger partial charge is 0.542 e. The van der Waals surface area contributed by atoms with Gasteiger partial charge in [0.05, 0.1) is 7.11 Å². The number of benzene rings is 1. The van der Waals surface area contributed by atoms with Gasteiger partial charge in [-0.15, -0.1) is 0 Å². The highest BCUT2D eigenvalue weighted by atomic mass is 28.4. The summed E-state index contributed by atoms with van der Waals surface area (Å²) in [6.07, 6.45) is 6.49. The van der Waals surface area contributed by atoms with E-state index in [1.54, 1.807) is 7.11 Å². The van der Waals surface area contributed by atoms with Crippen LogP contribution in [0.5, 0.6) is 11.5 Å². The molecule has 0 aliphatic rings. The molecule has 1 aromatic carbocycles. The third kappa shape index (κ3) is 9.85. The molecular formula is C21H37NO3Si. The maximum absolute atomic E-state index is 12.0. The summed E-state index contributed by atoms with van der Waals surface area (Å²) < 4.78 is 11.5. The number of rotatable bonds is 12. The second kappa shape index (κ2) is 11.3. The Balaban J connectivity index is 2.36. The number of carbonyl (C=O) groups is 1. The Morgan fingerprint density at radius 3 is 2.38 bits per heavy atom. The molecule has 0 unspecified atom stereocenters. The molecule has 26 heavy (non-hydrogen) atoms. The predicted octanol–water partition coefficient (Wildman–Crippen LogP) is 5.52. The molecule has 1 rings (SSSR count). The van der Waals surface area contributed by atoms with Crippen molar-refractivity contribution in [1.82, 2.24) is 5.32 Å². The van der Waals surface area contributed by atoms with Crippen molar-refractivity contribution in [2.75, 3.05) is 7.11 Å². The first kappa shape index (κ1) is 22.5. The molecule has 0 saturated carbocycles. The fourth-order valence-corrected chi connectivity index (χ4v) is 3.55. The summed E-state index contributed by atoms with van der Waals surface area (Å²) in [5.41, 5.74) is 1.02. The molecule has 0 radical (unpaired) electrons. The molecule has 0 saturated heterocycles. The molecule has 0 aromatic heterocycles. The van der Waals surface area contributed by atoms with Gasteiger partial charge < -0.3 is 14.5 Å². The monoisotopic (exact) mass is 379 g/mol. The fourth-order valence-electron chi connectivity index (χ4n) is 2.72. The Morgan fingerprint density at radius 2 is 1.77 bits per heavy atom. The molecule has 0 aliphatic heterocycles. The number of methoxy groups -OCH3 is 1. The molecule has 0 heterocycles. The Labute approximate surface area is 160 Å². The molecule has 148 valence electrons. The van der Waals surface area contributed by atoms with Crippen LogP contribution in [0.4, 0.5) is 0 Å². The van der Waals surface area contributed by atoms with Crippen LogP contribution < -0.4 is 14.5 Å². The number of carbonyl (C=O) groups excluding carboxylic acids is 1. The number of hydrogen-bond acceptors (Lipinski definition) is 3. The molecule has 5 heteroatoms. The molecule has 0 spiro atoms. The molecule has 0 atom stereocenters. The summed E-state index contributed by atoms with van der Waals surface area (Å²) in [5.74, 6) is 2.40. The van der Waals surface area contributed by atoms with Crippen LogP contribution in [0.25, 0.3) is 0 Å². The Kier molecular flexibility index (Phi) is 9.77. The number of nitrogens with one attached hydrogen (secondary N) is 1.